The van der Waals surface area contributed by atoms with Crippen LogP contribution in [0.15, 0.2) is 0 Å². The SMILES string of the molecule is CCCC(=O)C(N)(C#N)C(=O)OCC. The van der Waals surface area contributed by atoms with E-state index in [0.29, 0.717) is 6.42 Å². The average molecular weight is 198 g/mol. The molecule has 0 saturated heterocycles. The fraction of sp³-hybridized carbons (Fsp3) is 0.667. The number of nitriles is 1. The standard InChI is InChI=1S/C9H14N2O3/c1-3-5-7(12)9(11,6-10)8(13)14-4-2/h3-5,11H2,1-2H3. The number of carbonyl (C=O) groups excluding carboxylic acids is 2. The quantitative estimate of drug-likeness (QED) is 0.501. The van der Waals surface area contributed by atoms with Crippen LogP contribution in [0.4, 0.5) is 0 Å². The van der Waals surface area contributed by atoms with Crippen molar-refractivity contribution in [2.75, 3.05) is 6.61 Å². The molecule has 0 heterocycles. The highest BCUT2D eigenvalue weighted by Gasteiger charge is 2.43. The van der Waals surface area contributed by atoms with Gasteiger partial charge in [-0.1, -0.05) is 6.92 Å². The highest BCUT2D eigenvalue weighted by Crippen LogP contribution is 2.08. The van der Waals surface area contributed by atoms with Gasteiger partial charge in [-0.3, -0.25) is 10.5 Å². The molecule has 0 aliphatic heterocycles. The Morgan fingerprint density at radius 1 is 1.50 bits per heavy atom. The van der Waals surface area contributed by atoms with Crippen LogP contribution in [0.25, 0.3) is 0 Å². The second-order valence-corrected chi connectivity index (χ2v) is 2.81. The summed E-state index contributed by atoms with van der Waals surface area (Å²) in [6.07, 6.45) is 0.641. The van der Waals surface area contributed by atoms with E-state index in [2.05, 4.69) is 4.74 Å². The van der Waals surface area contributed by atoms with Crippen molar-refractivity contribution in [1.82, 2.24) is 0 Å². The van der Waals surface area contributed by atoms with Gasteiger partial charge in [-0.15, -0.1) is 0 Å². The molecule has 0 bridgehead atoms. The molecule has 1 atom stereocenters. The van der Waals surface area contributed by atoms with E-state index in [1.54, 1.807) is 13.8 Å². The summed E-state index contributed by atoms with van der Waals surface area (Å²) in [6.45, 7) is 3.44. The summed E-state index contributed by atoms with van der Waals surface area (Å²) >= 11 is 0. The lowest BCUT2D eigenvalue weighted by Crippen LogP contribution is -2.54. The summed E-state index contributed by atoms with van der Waals surface area (Å²) in [5.41, 5.74) is 3.24. The lowest BCUT2D eigenvalue weighted by atomic mass is 9.94. The third-order valence-corrected chi connectivity index (χ3v) is 1.69. The third kappa shape index (κ3) is 2.54. The molecule has 0 amide bonds. The van der Waals surface area contributed by atoms with E-state index in [4.69, 9.17) is 11.0 Å². The summed E-state index contributed by atoms with van der Waals surface area (Å²) in [5, 5.41) is 8.68. The van der Waals surface area contributed by atoms with Crippen LogP contribution in [0, 0.1) is 11.3 Å². The van der Waals surface area contributed by atoms with E-state index >= 15 is 0 Å². The molecule has 14 heavy (non-hydrogen) atoms. The number of Topliss-reactive ketones (excluding diaryl/α,β-unsaturated/α-hetero) is 1. The average Bonchev–Trinajstić information content (AvgIpc) is 2.17. The molecule has 0 aliphatic carbocycles. The molecule has 0 saturated carbocycles. The highest BCUT2D eigenvalue weighted by atomic mass is 16.5. The van der Waals surface area contributed by atoms with Gasteiger partial charge in [-0.25, -0.2) is 4.79 Å². The zero-order chi connectivity index (χ0) is 11.2. The summed E-state index contributed by atoms with van der Waals surface area (Å²) in [5.74, 6) is -1.57. The molecule has 5 heteroatoms. The fourth-order valence-corrected chi connectivity index (χ4v) is 0.891. The highest BCUT2D eigenvalue weighted by molar-refractivity contribution is 6.11. The van der Waals surface area contributed by atoms with Crippen molar-refractivity contribution in [3.8, 4) is 6.07 Å². The van der Waals surface area contributed by atoms with Crippen LogP contribution in [0.5, 0.6) is 0 Å². The lowest BCUT2D eigenvalue weighted by Gasteiger charge is -2.17. The van der Waals surface area contributed by atoms with Gasteiger partial charge < -0.3 is 4.74 Å². The van der Waals surface area contributed by atoms with Gasteiger partial charge in [0, 0.05) is 6.42 Å². The molecule has 0 spiro atoms. The van der Waals surface area contributed by atoms with Crippen LogP contribution in [0.2, 0.25) is 0 Å². The second-order valence-electron chi connectivity index (χ2n) is 2.81. The number of hydrogen-bond acceptors (Lipinski definition) is 5. The van der Waals surface area contributed by atoms with E-state index in [1.807, 2.05) is 0 Å². The maximum Gasteiger partial charge on any atom is 0.348 e. The minimum atomic E-state index is -2.13. The van der Waals surface area contributed by atoms with Gasteiger partial charge in [-0.2, -0.15) is 5.26 Å². The topological polar surface area (TPSA) is 93.2 Å². The van der Waals surface area contributed by atoms with Gasteiger partial charge >= 0.3 is 5.97 Å². The smallest absolute Gasteiger partial charge is 0.348 e. The van der Waals surface area contributed by atoms with Gasteiger partial charge in [0.05, 0.1) is 6.61 Å². The van der Waals surface area contributed by atoms with Crippen LogP contribution in [-0.2, 0) is 14.3 Å². The molecular weight excluding hydrogens is 184 g/mol. The molecule has 0 aromatic carbocycles. The summed E-state index contributed by atoms with van der Waals surface area (Å²) in [6, 6.07) is 1.50. The Hall–Kier alpha value is -1.41. The van der Waals surface area contributed by atoms with Crippen LogP contribution in [0.1, 0.15) is 26.7 Å². The number of carbonyl (C=O) groups is 2. The Labute approximate surface area is 82.8 Å². The minimum absolute atomic E-state index is 0.0961. The zero-order valence-corrected chi connectivity index (χ0v) is 8.37. The number of nitrogens with two attached hydrogens (primary N) is 1. The molecule has 1 unspecified atom stereocenters. The molecular formula is C9H14N2O3. The Balaban J connectivity index is 4.72. The first-order valence-corrected chi connectivity index (χ1v) is 4.43. The molecule has 0 rings (SSSR count). The van der Waals surface area contributed by atoms with Crippen LogP contribution < -0.4 is 5.73 Å². The van der Waals surface area contributed by atoms with Crippen molar-refractivity contribution in [1.29, 1.82) is 5.26 Å². The Bertz CT molecular complexity index is 250. The minimum Gasteiger partial charge on any atom is -0.463 e. The number of esters is 1. The van der Waals surface area contributed by atoms with Gasteiger partial charge in [0.15, 0.2) is 5.78 Å². The molecule has 0 fully saturated rings. The first-order chi connectivity index (χ1) is 6.52. The zero-order valence-electron chi connectivity index (χ0n) is 8.37. The van der Waals surface area contributed by atoms with Crippen molar-refractivity contribution >= 4 is 11.8 Å². The number of nitrogens with zero attached hydrogens (tertiary/aromatic N) is 1. The monoisotopic (exact) mass is 198 g/mol. The van der Waals surface area contributed by atoms with Crippen molar-refractivity contribution in [2.24, 2.45) is 5.73 Å². The van der Waals surface area contributed by atoms with Crippen molar-refractivity contribution in [3.05, 3.63) is 0 Å². The third-order valence-electron chi connectivity index (χ3n) is 1.69. The van der Waals surface area contributed by atoms with Gasteiger partial charge in [0.1, 0.15) is 6.07 Å². The van der Waals surface area contributed by atoms with Crippen LogP contribution in [-0.4, -0.2) is 23.9 Å². The largest absolute Gasteiger partial charge is 0.463 e. The van der Waals surface area contributed by atoms with E-state index in [-0.39, 0.29) is 13.0 Å². The Kier molecular flexibility index (Phi) is 4.81. The van der Waals surface area contributed by atoms with Crippen molar-refractivity contribution in [2.45, 2.75) is 32.2 Å². The summed E-state index contributed by atoms with van der Waals surface area (Å²) in [7, 11) is 0. The van der Waals surface area contributed by atoms with Crippen LogP contribution >= 0.6 is 0 Å². The Morgan fingerprint density at radius 3 is 2.43 bits per heavy atom. The maximum absolute atomic E-state index is 11.4. The summed E-state index contributed by atoms with van der Waals surface area (Å²) in [4.78, 5) is 22.6. The summed E-state index contributed by atoms with van der Waals surface area (Å²) < 4.78 is 4.56. The van der Waals surface area contributed by atoms with E-state index < -0.39 is 17.3 Å². The number of hydrogen-bond donors (Lipinski definition) is 1. The van der Waals surface area contributed by atoms with Gasteiger partial charge in [0.2, 0.25) is 0 Å². The predicted octanol–water partition coefficient (Wildman–Crippen LogP) is 0.140. The number of rotatable bonds is 5. The van der Waals surface area contributed by atoms with Crippen molar-refractivity contribution in [3.63, 3.8) is 0 Å². The Morgan fingerprint density at radius 2 is 2.07 bits per heavy atom. The van der Waals surface area contributed by atoms with Gasteiger partial charge in [-0.05, 0) is 13.3 Å². The first kappa shape index (κ1) is 12.6. The molecule has 78 valence electrons. The van der Waals surface area contributed by atoms with E-state index in [1.165, 1.54) is 6.07 Å². The maximum atomic E-state index is 11.4. The first-order valence-electron chi connectivity index (χ1n) is 4.43. The predicted molar refractivity (Wildman–Crippen MR) is 49.1 cm³/mol. The molecule has 5 nitrogen and oxygen atoms in total. The van der Waals surface area contributed by atoms with Gasteiger partial charge in [0.25, 0.3) is 5.54 Å². The number of ketones is 1. The van der Waals surface area contributed by atoms with E-state index in [9.17, 15) is 9.59 Å². The van der Waals surface area contributed by atoms with Crippen LogP contribution in [0.3, 0.4) is 0 Å². The molecule has 0 aromatic heterocycles. The number of ether oxygens (including phenoxy) is 1. The molecule has 0 aromatic rings. The fourth-order valence-electron chi connectivity index (χ4n) is 0.891. The molecule has 0 radical (unpaired) electrons. The molecule has 2 N–H and O–H groups in total. The van der Waals surface area contributed by atoms with E-state index in [0.717, 1.165) is 0 Å². The second kappa shape index (κ2) is 5.35. The normalized spacial score (nSPS) is 13.9. The van der Waals surface area contributed by atoms with Crippen molar-refractivity contribution < 1.29 is 14.3 Å². The molecule has 0 aliphatic rings. The lowest BCUT2D eigenvalue weighted by molar-refractivity contribution is -0.150.